The van der Waals surface area contributed by atoms with Gasteiger partial charge in [-0.3, -0.25) is 0 Å². The summed E-state index contributed by atoms with van der Waals surface area (Å²) in [6.45, 7) is 0.375. The number of aromatic hydroxyl groups is 1. The zero-order valence-electron chi connectivity index (χ0n) is 16.9. The molecule has 0 aliphatic heterocycles. The topological polar surface area (TPSA) is 77.4 Å². The minimum absolute atomic E-state index is 0.0944. The molecule has 0 amide bonds. The second-order valence-corrected chi connectivity index (χ2v) is 7.52. The van der Waals surface area contributed by atoms with Crippen LogP contribution in [0.15, 0.2) is 54.6 Å². The van der Waals surface area contributed by atoms with E-state index in [1.165, 1.54) is 20.3 Å². The van der Waals surface area contributed by atoms with Crippen molar-refractivity contribution in [3.05, 3.63) is 74.9 Å². The van der Waals surface area contributed by atoms with Crippen molar-refractivity contribution in [3.8, 4) is 28.7 Å². The Morgan fingerprint density at radius 2 is 1.60 bits per heavy atom. The molecule has 2 N–H and O–H groups in total. The minimum Gasteiger partial charge on any atom is -0.507 e. The summed E-state index contributed by atoms with van der Waals surface area (Å²) in [4.78, 5) is 0. The predicted molar refractivity (Wildman–Crippen MR) is 122 cm³/mol. The molecule has 0 saturated heterocycles. The number of phenols is 1. The van der Waals surface area contributed by atoms with E-state index in [2.05, 4.69) is 22.6 Å². The van der Waals surface area contributed by atoms with Gasteiger partial charge in [0.15, 0.2) is 0 Å². The number of halogens is 1. The van der Waals surface area contributed by atoms with Gasteiger partial charge in [0.25, 0.3) is 0 Å². The first-order chi connectivity index (χ1) is 14.5. The predicted octanol–water partition coefficient (Wildman–Crippen LogP) is 4.68. The zero-order chi connectivity index (χ0) is 21.7. The molecule has 3 aromatic rings. The molecule has 3 rings (SSSR count). The minimum atomic E-state index is -1.18. The summed E-state index contributed by atoms with van der Waals surface area (Å²) >= 11 is 2.08. The van der Waals surface area contributed by atoms with Crippen LogP contribution < -0.4 is 18.9 Å². The van der Waals surface area contributed by atoms with E-state index in [-0.39, 0.29) is 5.75 Å². The smallest absolute Gasteiger partial charge is 0.145 e. The van der Waals surface area contributed by atoms with Crippen LogP contribution in [0.5, 0.6) is 28.7 Å². The summed E-state index contributed by atoms with van der Waals surface area (Å²) < 4.78 is 22.8. The van der Waals surface area contributed by atoms with Gasteiger partial charge in [0.1, 0.15) is 41.5 Å². The number of hydrogen-bond donors (Lipinski definition) is 2. The molecule has 0 aliphatic carbocycles. The van der Waals surface area contributed by atoms with Gasteiger partial charge < -0.3 is 29.2 Å². The molecule has 0 bridgehead atoms. The summed E-state index contributed by atoms with van der Waals surface area (Å²) in [5, 5.41) is 21.6. The average molecular weight is 522 g/mol. The lowest BCUT2D eigenvalue weighted by Crippen LogP contribution is -2.08. The van der Waals surface area contributed by atoms with Crippen molar-refractivity contribution in [2.75, 3.05) is 21.3 Å². The molecule has 0 heterocycles. The van der Waals surface area contributed by atoms with Crippen LogP contribution in [0.25, 0.3) is 0 Å². The van der Waals surface area contributed by atoms with Gasteiger partial charge in [0.05, 0.1) is 30.5 Å². The lowest BCUT2D eigenvalue weighted by atomic mass is 9.98. The Balaban J connectivity index is 1.92. The van der Waals surface area contributed by atoms with Crippen LogP contribution in [0, 0.1) is 3.57 Å². The number of phenolic OH excluding ortho intramolecular Hbond substituents is 1. The van der Waals surface area contributed by atoms with Gasteiger partial charge in [-0.05, 0) is 40.3 Å². The number of benzene rings is 3. The van der Waals surface area contributed by atoms with Crippen LogP contribution >= 0.6 is 22.6 Å². The fourth-order valence-corrected chi connectivity index (χ4v) is 4.01. The Labute approximate surface area is 189 Å². The quantitative estimate of drug-likeness (QED) is 0.419. The van der Waals surface area contributed by atoms with Crippen LogP contribution in [0.1, 0.15) is 22.8 Å². The molecule has 0 radical (unpaired) electrons. The van der Waals surface area contributed by atoms with Crippen LogP contribution in [0.4, 0.5) is 0 Å². The fourth-order valence-electron chi connectivity index (χ4n) is 3.12. The van der Waals surface area contributed by atoms with Crippen molar-refractivity contribution >= 4 is 22.6 Å². The largest absolute Gasteiger partial charge is 0.507 e. The highest BCUT2D eigenvalue weighted by Crippen LogP contribution is 2.46. The molecule has 30 heavy (non-hydrogen) atoms. The maximum absolute atomic E-state index is 11.1. The maximum atomic E-state index is 11.1. The monoisotopic (exact) mass is 522 g/mol. The van der Waals surface area contributed by atoms with E-state index in [0.717, 1.165) is 5.56 Å². The highest BCUT2D eigenvalue weighted by atomic mass is 127. The van der Waals surface area contributed by atoms with Crippen molar-refractivity contribution < 1.29 is 29.2 Å². The van der Waals surface area contributed by atoms with E-state index < -0.39 is 6.10 Å². The first-order valence-corrected chi connectivity index (χ1v) is 10.2. The molecule has 7 heteroatoms. The number of aliphatic hydroxyl groups excluding tert-OH is 1. The van der Waals surface area contributed by atoms with Gasteiger partial charge in [-0.2, -0.15) is 0 Å². The first-order valence-electron chi connectivity index (χ1n) is 9.16. The second kappa shape index (κ2) is 9.90. The highest BCUT2D eigenvalue weighted by Gasteiger charge is 2.27. The lowest BCUT2D eigenvalue weighted by molar-refractivity contribution is 0.203. The molecule has 6 nitrogen and oxygen atoms in total. The molecule has 0 spiro atoms. The fraction of sp³-hybridized carbons (Fsp3) is 0.217. The van der Waals surface area contributed by atoms with Crippen molar-refractivity contribution in [2.45, 2.75) is 12.7 Å². The molecule has 0 saturated carbocycles. The Morgan fingerprint density at radius 1 is 0.900 bits per heavy atom. The Kier molecular flexibility index (Phi) is 7.28. The van der Waals surface area contributed by atoms with Crippen molar-refractivity contribution in [3.63, 3.8) is 0 Å². The number of aliphatic hydroxyl groups is 1. The summed E-state index contributed by atoms with van der Waals surface area (Å²) in [5.41, 5.74) is 1.72. The number of methoxy groups -OCH3 is 3. The Hall–Kier alpha value is -2.65. The Bertz CT molecular complexity index is 1010. The molecular weight excluding hydrogens is 499 g/mol. The van der Waals surface area contributed by atoms with Crippen molar-refractivity contribution in [2.24, 2.45) is 0 Å². The van der Waals surface area contributed by atoms with Gasteiger partial charge in [0.2, 0.25) is 0 Å². The molecular formula is C23H23IO6. The van der Waals surface area contributed by atoms with Crippen molar-refractivity contribution in [1.29, 1.82) is 0 Å². The molecule has 0 fully saturated rings. The van der Waals surface area contributed by atoms with E-state index in [9.17, 15) is 10.2 Å². The van der Waals surface area contributed by atoms with Gasteiger partial charge in [0, 0.05) is 17.7 Å². The average Bonchev–Trinajstić information content (AvgIpc) is 2.77. The van der Waals surface area contributed by atoms with Gasteiger partial charge in [-0.1, -0.05) is 30.3 Å². The molecule has 0 aliphatic rings. The molecule has 0 aromatic heterocycles. The third kappa shape index (κ3) is 4.57. The summed E-state index contributed by atoms with van der Waals surface area (Å²) in [7, 11) is 4.55. The van der Waals surface area contributed by atoms with Crippen LogP contribution in [-0.2, 0) is 6.61 Å². The normalized spacial score (nSPS) is 11.6. The van der Waals surface area contributed by atoms with Crippen molar-refractivity contribution in [1.82, 2.24) is 0 Å². The maximum Gasteiger partial charge on any atom is 0.145 e. The summed E-state index contributed by atoms with van der Waals surface area (Å²) in [6.07, 6.45) is -1.18. The van der Waals surface area contributed by atoms with E-state index in [1.54, 1.807) is 25.3 Å². The Morgan fingerprint density at radius 3 is 2.20 bits per heavy atom. The third-order valence-corrected chi connectivity index (χ3v) is 5.67. The van der Waals surface area contributed by atoms with Gasteiger partial charge in [-0.25, -0.2) is 0 Å². The molecule has 3 aromatic carbocycles. The third-order valence-electron chi connectivity index (χ3n) is 4.65. The van der Waals surface area contributed by atoms with E-state index in [4.69, 9.17) is 18.9 Å². The van der Waals surface area contributed by atoms with Gasteiger partial charge >= 0.3 is 0 Å². The second-order valence-electron chi connectivity index (χ2n) is 6.44. The van der Waals surface area contributed by atoms with E-state index in [0.29, 0.717) is 44.3 Å². The lowest BCUT2D eigenvalue weighted by Gasteiger charge is -2.22. The van der Waals surface area contributed by atoms with Crippen LogP contribution in [-0.4, -0.2) is 31.5 Å². The van der Waals surface area contributed by atoms with Crippen LogP contribution in [0.3, 0.4) is 0 Å². The standard InChI is InChI=1S/C23H23IO6/c1-27-18-12-19(28-2)21(24)23(29-3)20(18)22(26)16-10-9-15(11-17(16)25)30-13-14-7-5-4-6-8-14/h4-12,22,25-26H,13H2,1-3H3. The van der Waals surface area contributed by atoms with E-state index >= 15 is 0 Å². The highest BCUT2D eigenvalue weighted by molar-refractivity contribution is 14.1. The van der Waals surface area contributed by atoms with E-state index in [1.807, 2.05) is 30.3 Å². The summed E-state index contributed by atoms with van der Waals surface area (Å²) in [6, 6.07) is 16.2. The molecule has 1 atom stereocenters. The number of ether oxygens (including phenoxy) is 4. The van der Waals surface area contributed by atoms with Gasteiger partial charge in [-0.15, -0.1) is 0 Å². The first kappa shape index (κ1) is 22.0. The number of rotatable bonds is 8. The molecule has 158 valence electrons. The zero-order valence-corrected chi connectivity index (χ0v) is 19.0. The SMILES string of the molecule is COc1cc(OC)c(C(O)c2ccc(OCc3ccccc3)cc2O)c(OC)c1I. The number of hydrogen-bond acceptors (Lipinski definition) is 6. The van der Waals surface area contributed by atoms with Crippen LogP contribution in [0.2, 0.25) is 0 Å². The summed E-state index contributed by atoms with van der Waals surface area (Å²) in [5.74, 6) is 1.77. The molecule has 1 unspecified atom stereocenters.